The molecule has 0 atom stereocenters. The molecule has 0 saturated carbocycles. The first-order valence-electron chi connectivity index (χ1n) is 19.9. The molecule has 4 aromatic heterocycles. The summed E-state index contributed by atoms with van der Waals surface area (Å²) in [7, 11) is -3.46. The highest BCUT2D eigenvalue weighted by molar-refractivity contribution is 7.88. The predicted octanol–water partition coefficient (Wildman–Crippen LogP) is 2.74. The molecule has 0 bridgehead atoms. The maximum Gasteiger partial charge on any atom is 0.276 e. The molecule has 62 heavy (non-hydrogen) atoms. The molecule has 7 rings (SSSR count). The number of sulfonamides is 1. The highest BCUT2D eigenvalue weighted by atomic mass is 32.2. The van der Waals surface area contributed by atoms with Gasteiger partial charge in [-0.2, -0.15) is 10.2 Å². The topological polar surface area (TPSA) is 266 Å². The summed E-state index contributed by atoms with van der Waals surface area (Å²) in [5, 5.41) is 17.4. The van der Waals surface area contributed by atoms with Gasteiger partial charge in [-0.3, -0.25) is 39.2 Å². The van der Waals surface area contributed by atoms with Crippen LogP contribution in [0, 0.1) is 13.8 Å². The Morgan fingerprint density at radius 2 is 1.19 bits per heavy atom. The summed E-state index contributed by atoms with van der Waals surface area (Å²) < 4.78 is 44.8. The van der Waals surface area contributed by atoms with Crippen molar-refractivity contribution in [3.8, 4) is 11.5 Å². The van der Waals surface area contributed by atoms with E-state index in [0.29, 0.717) is 70.1 Å². The van der Waals surface area contributed by atoms with Gasteiger partial charge in [-0.1, -0.05) is 12.2 Å². The number of carbonyl (C=O) groups is 4. The van der Waals surface area contributed by atoms with Crippen LogP contribution in [0.1, 0.15) is 73.3 Å². The molecule has 0 fully saturated rings. The second-order valence-electron chi connectivity index (χ2n) is 14.5. The van der Waals surface area contributed by atoms with Crippen molar-refractivity contribution in [3.63, 3.8) is 0 Å². The van der Waals surface area contributed by atoms with E-state index in [0.717, 1.165) is 6.26 Å². The zero-order chi connectivity index (χ0) is 44.3. The highest BCUT2D eigenvalue weighted by Gasteiger charge is 2.24. The van der Waals surface area contributed by atoms with E-state index in [1.165, 1.54) is 12.1 Å². The minimum Gasteiger partial charge on any atom is -0.491 e. The number of carbonyl (C=O) groups excluding carboxylic acids is 4. The molecule has 1 aliphatic heterocycles. The molecule has 326 valence electrons. The number of amides is 4. The Kier molecular flexibility index (Phi) is 12.4. The van der Waals surface area contributed by atoms with Crippen molar-refractivity contribution >= 4 is 67.6 Å². The molecule has 0 spiro atoms. The van der Waals surface area contributed by atoms with Crippen LogP contribution in [0.2, 0.25) is 0 Å². The average Bonchev–Trinajstić information content (AvgIpc) is 3.99. The van der Waals surface area contributed by atoms with Crippen LogP contribution in [0.5, 0.6) is 11.5 Å². The second-order valence-corrected chi connectivity index (χ2v) is 16.3. The maximum atomic E-state index is 13.8. The lowest BCUT2D eigenvalue weighted by atomic mass is 10.1. The van der Waals surface area contributed by atoms with Gasteiger partial charge in [0.1, 0.15) is 33.9 Å². The Bertz CT molecular complexity index is 2870. The standard InChI is InChI=1S/C40H47N13O8S/c1-6-52-29(17-23(3)48-52)37(56)46-39-44-27-19-25(35(41)54)21-31-33(27)50(39)13-8-9-14-51-34-28(45-40(51)47-38(57)30-18-24(4)49-53(30)7-2)20-26(22-32(34)61-16-10-15-60-31)36(55)42-11-12-43-62(5,58)59/h8-9,17-22,43H,6-7,10-16H2,1-5H3,(H2,41,54)(H,42,55)(H,44,46,56)(H,45,47,57)/b9-8+. The number of hydrogen-bond acceptors (Lipinski definition) is 12. The van der Waals surface area contributed by atoms with Crippen LogP contribution in [-0.4, -0.2) is 103 Å². The number of ether oxygens (including phenoxy) is 2. The predicted molar refractivity (Wildman–Crippen MR) is 229 cm³/mol. The van der Waals surface area contributed by atoms with Crippen LogP contribution >= 0.6 is 0 Å². The van der Waals surface area contributed by atoms with Crippen molar-refractivity contribution in [2.75, 3.05) is 43.2 Å². The summed E-state index contributed by atoms with van der Waals surface area (Å²) in [5.74, 6) is -1.17. The van der Waals surface area contributed by atoms with E-state index in [-0.39, 0.29) is 68.2 Å². The molecule has 0 saturated heterocycles. The van der Waals surface area contributed by atoms with Crippen molar-refractivity contribution in [1.82, 2.24) is 48.7 Å². The van der Waals surface area contributed by atoms with Crippen LogP contribution in [0.15, 0.2) is 48.6 Å². The fraction of sp³-hybridized carbons (Fsp3) is 0.350. The van der Waals surface area contributed by atoms with Crippen LogP contribution in [-0.2, 0) is 36.2 Å². The molecular formula is C40H47N13O8S. The van der Waals surface area contributed by atoms with E-state index >= 15 is 0 Å². The number of benzene rings is 2. The van der Waals surface area contributed by atoms with E-state index in [9.17, 15) is 27.6 Å². The smallest absolute Gasteiger partial charge is 0.276 e. The molecule has 6 aromatic rings. The number of nitrogens with one attached hydrogen (secondary N) is 4. The molecule has 0 unspecified atom stereocenters. The highest BCUT2D eigenvalue weighted by Crippen LogP contribution is 2.34. The van der Waals surface area contributed by atoms with Gasteiger partial charge in [0.2, 0.25) is 27.8 Å². The fourth-order valence-corrected chi connectivity index (χ4v) is 7.54. The monoisotopic (exact) mass is 869 g/mol. The lowest BCUT2D eigenvalue weighted by Gasteiger charge is -2.14. The first kappa shape index (κ1) is 43.0. The molecule has 2 aromatic carbocycles. The van der Waals surface area contributed by atoms with E-state index < -0.39 is 33.7 Å². The van der Waals surface area contributed by atoms with Gasteiger partial charge in [0, 0.05) is 56.8 Å². The Labute approximate surface area is 355 Å². The van der Waals surface area contributed by atoms with Crippen LogP contribution < -0.4 is 35.9 Å². The average molecular weight is 870 g/mol. The number of allylic oxidation sites excluding steroid dienone is 2. The van der Waals surface area contributed by atoms with Gasteiger partial charge in [0.15, 0.2) is 0 Å². The number of nitrogens with two attached hydrogens (primary N) is 1. The van der Waals surface area contributed by atoms with Crippen molar-refractivity contribution in [2.24, 2.45) is 5.73 Å². The number of aromatic nitrogens is 8. The van der Waals surface area contributed by atoms with Gasteiger partial charge in [0.05, 0.1) is 41.9 Å². The molecule has 0 aliphatic carbocycles. The SMILES string of the molecule is CCn1nc(C)cc1C(=O)Nc1nc2cc(C(N)=O)cc3c2n1C/C=C/Cn1c(NC(=O)c2cc(C)nn2CC)nc2cc(C(=O)NCCNS(C)(=O)=O)cc(c21)OCCCO3. The fourth-order valence-electron chi connectivity index (χ4n) is 7.07. The number of aryl methyl sites for hydroxylation is 4. The molecule has 21 nitrogen and oxygen atoms in total. The zero-order valence-electron chi connectivity index (χ0n) is 34.8. The van der Waals surface area contributed by atoms with E-state index in [1.807, 2.05) is 26.0 Å². The number of nitrogens with zero attached hydrogens (tertiary/aromatic N) is 8. The van der Waals surface area contributed by atoms with Crippen LogP contribution in [0.25, 0.3) is 22.1 Å². The Balaban J connectivity index is 1.30. The number of imidazole rings is 2. The summed E-state index contributed by atoms with van der Waals surface area (Å²) in [6, 6.07) is 9.54. The van der Waals surface area contributed by atoms with Gasteiger partial charge in [0.25, 0.3) is 17.7 Å². The number of hydrogen-bond donors (Lipinski definition) is 5. The summed E-state index contributed by atoms with van der Waals surface area (Å²) in [6.07, 6.45) is 5.02. The molecule has 4 amide bonds. The second kappa shape index (κ2) is 17.9. The molecule has 6 N–H and O–H groups in total. The van der Waals surface area contributed by atoms with Gasteiger partial charge < -0.3 is 29.7 Å². The van der Waals surface area contributed by atoms with Crippen LogP contribution in [0.4, 0.5) is 11.9 Å². The minimum absolute atomic E-state index is 0.0133. The van der Waals surface area contributed by atoms with Gasteiger partial charge in [-0.15, -0.1) is 0 Å². The number of primary amides is 1. The van der Waals surface area contributed by atoms with Crippen molar-refractivity contribution < 1.29 is 37.1 Å². The normalized spacial score (nSPS) is 13.8. The Hall–Kier alpha value is -7.07. The molecule has 5 heterocycles. The van der Waals surface area contributed by atoms with E-state index in [1.54, 1.807) is 56.6 Å². The maximum absolute atomic E-state index is 13.8. The van der Waals surface area contributed by atoms with E-state index in [2.05, 4.69) is 30.9 Å². The lowest BCUT2D eigenvalue weighted by molar-refractivity contribution is 0.0951. The number of rotatable bonds is 12. The van der Waals surface area contributed by atoms with Crippen molar-refractivity contribution in [2.45, 2.75) is 60.3 Å². The largest absolute Gasteiger partial charge is 0.491 e. The van der Waals surface area contributed by atoms with Gasteiger partial charge in [-0.05, 0) is 64.1 Å². The van der Waals surface area contributed by atoms with Crippen molar-refractivity contribution in [3.05, 3.63) is 82.5 Å². The zero-order valence-corrected chi connectivity index (χ0v) is 35.6. The summed E-state index contributed by atoms with van der Waals surface area (Å²) in [6.45, 7) is 8.77. The first-order chi connectivity index (χ1) is 29.6. The first-order valence-corrected chi connectivity index (χ1v) is 21.8. The van der Waals surface area contributed by atoms with Crippen LogP contribution in [0.3, 0.4) is 0 Å². The Morgan fingerprint density at radius 3 is 1.66 bits per heavy atom. The quantitative estimate of drug-likeness (QED) is 0.0878. The third-order valence-corrected chi connectivity index (χ3v) is 10.5. The Morgan fingerprint density at radius 1 is 0.710 bits per heavy atom. The molecule has 1 aliphatic rings. The van der Waals surface area contributed by atoms with Gasteiger partial charge in [-0.25, -0.2) is 23.1 Å². The molecule has 22 heteroatoms. The molecular weight excluding hydrogens is 823 g/mol. The lowest BCUT2D eigenvalue weighted by Crippen LogP contribution is -2.34. The number of anilines is 2. The minimum atomic E-state index is -3.46. The van der Waals surface area contributed by atoms with E-state index in [4.69, 9.17) is 25.2 Å². The third kappa shape index (κ3) is 9.29. The molecule has 0 radical (unpaired) electrons. The summed E-state index contributed by atoms with van der Waals surface area (Å²) >= 11 is 0. The summed E-state index contributed by atoms with van der Waals surface area (Å²) in [5.41, 5.74) is 9.72. The van der Waals surface area contributed by atoms with Gasteiger partial charge >= 0.3 is 0 Å². The van der Waals surface area contributed by atoms with Crippen molar-refractivity contribution in [1.29, 1.82) is 0 Å². The third-order valence-electron chi connectivity index (χ3n) is 9.80. The summed E-state index contributed by atoms with van der Waals surface area (Å²) in [4.78, 5) is 62.9.